The highest BCUT2D eigenvalue weighted by Crippen LogP contribution is 2.25. The Kier molecular flexibility index (Phi) is 9.10. The van der Waals surface area contributed by atoms with Crippen molar-refractivity contribution in [3.8, 4) is 11.1 Å². The molecule has 1 unspecified atom stereocenters. The summed E-state index contributed by atoms with van der Waals surface area (Å²) in [5, 5.41) is 0. The molecule has 0 saturated heterocycles. The van der Waals surface area contributed by atoms with Crippen molar-refractivity contribution < 1.29 is 9.53 Å². The molecule has 0 aliphatic carbocycles. The first-order valence-electron chi connectivity index (χ1n) is 12.1. The van der Waals surface area contributed by atoms with Gasteiger partial charge >= 0.3 is 5.97 Å². The number of carbonyl (C=O) groups excluding carboxylic acids is 1. The molecule has 0 aliphatic heterocycles. The summed E-state index contributed by atoms with van der Waals surface area (Å²) in [6.07, 6.45) is 8.22. The summed E-state index contributed by atoms with van der Waals surface area (Å²) in [7, 11) is 0. The van der Waals surface area contributed by atoms with E-state index in [0.29, 0.717) is 5.56 Å². The zero-order valence-corrected chi connectivity index (χ0v) is 19.8. The monoisotopic (exact) mass is 428 g/mol. The second-order valence-electron chi connectivity index (χ2n) is 8.65. The van der Waals surface area contributed by atoms with Crippen molar-refractivity contribution in [2.45, 2.75) is 71.8 Å². The quantitative estimate of drug-likeness (QED) is 0.226. The Hall–Kier alpha value is -2.87. The highest BCUT2D eigenvalue weighted by Gasteiger charge is 2.16. The molecule has 3 aromatic carbocycles. The molecule has 2 nitrogen and oxygen atoms in total. The topological polar surface area (TPSA) is 26.3 Å². The molecular formula is C30H36O2. The zero-order chi connectivity index (χ0) is 22.8. The van der Waals surface area contributed by atoms with Gasteiger partial charge in [-0.25, -0.2) is 4.79 Å². The molecule has 0 saturated carbocycles. The molecule has 0 spiro atoms. The summed E-state index contributed by atoms with van der Waals surface area (Å²) < 4.78 is 5.80. The molecule has 168 valence electrons. The summed E-state index contributed by atoms with van der Waals surface area (Å²) in [6.45, 7) is 6.35. The molecule has 3 rings (SSSR count). The smallest absolute Gasteiger partial charge is 0.338 e. The maximum atomic E-state index is 12.7. The molecule has 2 heteroatoms. The number of hydrogen-bond acceptors (Lipinski definition) is 2. The first-order chi connectivity index (χ1) is 15.6. The van der Waals surface area contributed by atoms with E-state index >= 15 is 0 Å². The third-order valence-corrected chi connectivity index (χ3v) is 6.05. The fraction of sp³-hybridized carbons (Fsp3) is 0.367. The molecule has 0 radical (unpaired) electrons. The minimum atomic E-state index is -0.276. The van der Waals surface area contributed by atoms with Crippen LogP contribution in [0.2, 0.25) is 0 Å². The lowest BCUT2D eigenvalue weighted by molar-refractivity contribution is 0.0288. The highest BCUT2D eigenvalue weighted by molar-refractivity contribution is 5.90. The van der Waals surface area contributed by atoms with Crippen LogP contribution >= 0.6 is 0 Å². The number of ether oxygens (including phenoxy) is 1. The molecule has 0 heterocycles. The second-order valence-corrected chi connectivity index (χ2v) is 8.65. The molecule has 0 aliphatic rings. The van der Waals surface area contributed by atoms with Crippen LogP contribution in [0.4, 0.5) is 0 Å². The van der Waals surface area contributed by atoms with Gasteiger partial charge in [-0.15, -0.1) is 0 Å². The van der Waals surface area contributed by atoms with Crippen LogP contribution in [0, 0.1) is 6.92 Å². The Morgan fingerprint density at radius 3 is 1.94 bits per heavy atom. The fourth-order valence-electron chi connectivity index (χ4n) is 3.96. The highest BCUT2D eigenvalue weighted by atomic mass is 16.5. The zero-order valence-electron chi connectivity index (χ0n) is 19.8. The predicted octanol–water partition coefficient (Wildman–Crippen LogP) is 8.48. The molecule has 0 aromatic heterocycles. The lowest BCUT2D eigenvalue weighted by atomic mass is 10.00. The number of aryl methyl sites for hydroxylation is 2. The number of carbonyl (C=O) groups is 1. The lowest BCUT2D eigenvalue weighted by Crippen LogP contribution is -2.11. The van der Waals surface area contributed by atoms with Gasteiger partial charge in [0.15, 0.2) is 0 Å². The number of rotatable bonds is 11. The van der Waals surface area contributed by atoms with E-state index in [0.717, 1.165) is 24.0 Å². The average Bonchev–Trinajstić information content (AvgIpc) is 2.83. The van der Waals surface area contributed by atoms with Gasteiger partial charge in [-0.05, 0) is 60.6 Å². The van der Waals surface area contributed by atoms with Crippen LogP contribution in [0.1, 0.15) is 85.5 Å². The third kappa shape index (κ3) is 6.82. The first kappa shape index (κ1) is 23.8. The van der Waals surface area contributed by atoms with Crippen molar-refractivity contribution in [2.24, 2.45) is 0 Å². The summed E-state index contributed by atoms with van der Waals surface area (Å²) in [5.41, 5.74) is 6.50. The van der Waals surface area contributed by atoms with Crippen LogP contribution in [0.3, 0.4) is 0 Å². The van der Waals surface area contributed by atoms with E-state index in [9.17, 15) is 4.79 Å². The van der Waals surface area contributed by atoms with Crippen LogP contribution in [0.15, 0.2) is 72.8 Å². The van der Waals surface area contributed by atoms with Crippen molar-refractivity contribution in [1.82, 2.24) is 0 Å². The van der Waals surface area contributed by atoms with Gasteiger partial charge in [-0.2, -0.15) is 0 Å². The predicted molar refractivity (Wildman–Crippen MR) is 134 cm³/mol. The van der Waals surface area contributed by atoms with Gasteiger partial charge in [0.05, 0.1) is 5.56 Å². The van der Waals surface area contributed by atoms with Crippen molar-refractivity contribution in [3.63, 3.8) is 0 Å². The van der Waals surface area contributed by atoms with Gasteiger partial charge in [0.1, 0.15) is 6.10 Å². The Bertz CT molecular complexity index is 953. The molecule has 1 atom stereocenters. The Labute approximate surface area is 193 Å². The minimum absolute atomic E-state index is 0.225. The van der Waals surface area contributed by atoms with E-state index < -0.39 is 0 Å². The van der Waals surface area contributed by atoms with Gasteiger partial charge in [0.25, 0.3) is 0 Å². The first-order valence-corrected chi connectivity index (χ1v) is 12.1. The Morgan fingerprint density at radius 1 is 0.750 bits per heavy atom. The minimum Gasteiger partial charge on any atom is -0.454 e. The normalized spacial score (nSPS) is 11.8. The standard InChI is InChI=1S/C30H36O2/c1-4-6-7-8-9-10-24-13-17-25(18-14-24)26-19-21-28(22-20-26)30(31)32-29(5-2)27-15-11-23(3)12-16-27/h11-22,29H,4-10H2,1-3H3. The van der Waals surface area contributed by atoms with Crippen LogP contribution in [-0.4, -0.2) is 5.97 Å². The number of benzene rings is 3. The van der Waals surface area contributed by atoms with E-state index in [-0.39, 0.29) is 12.1 Å². The van der Waals surface area contributed by atoms with E-state index in [1.165, 1.54) is 48.8 Å². The summed E-state index contributed by atoms with van der Waals surface area (Å²) in [6, 6.07) is 24.7. The van der Waals surface area contributed by atoms with Crippen LogP contribution in [0.5, 0.6) is 0 Å². The van der Waals surface area contributed by atoms with Gasteiger partial charge in [-0.1, -0.05) is 106 Å². The summed E-state index contributed by atoms with van der Waals surface area (Å²) in [4.78, 5) is 12.7. The van der Waals surface area contributed by atoms with Crippen molar-refractivity contribution in [1.29, 1.82) is 0 Å². The van der Waals surface area contributed by atoms with E-state index in [4.69, 9.17) is 4.74 Å². The Balaban J connectivity index is 1.58. The molecular weight excluding hydrogens is 392 g/mol. The molecule has 0 N–H and O–H groups in total. The fourth-order valence-corrected chi connectivity index (χ4v) is 3.96. The van der Waals surface area contributed by atoms with Gasteiger partial charge in [0.2, 0.25) is 0 Å². The number of hydrogen-bond donors (Lipinski definition) is 0. The third-order valence-electron chi connectivity index (χ3n) is 6.05. The summed E-state index contributed by atoms with van der Waals surface area (Å²) >= 11 is 0. The van der Waals surface area contributed by atoms with Gasteiger partial charge < -0.3 is 4.74 Å². The van der Waals surface area contributed by atoms with Crippen molar-refractivity contribution in [3.05, 3.63) is 95.1 Å². The van der Waals surface area contributed by atoms with Gasteiger partial charge in [-0.3, -0.25) is 0 Å². The average molecular weight is 429 g/mol. The largest absolute Gasteiger partial charge is 0.454 e. The summed E-state index contributed by atoms with van der Waals surface area (Å²) in [5.74, 6) is -0.276. The maximum absolute atomic E-state index is 12.7. The molecule has 0 bridgehead atoms. The Morgan fingerprint density at radius 2 is 1.34 bits per heavy atom. The van der Waals surface area contributed by atoms with Crippen LogP contribution in [-0.2, 0) is 11.2 Å². The van der Waals surface area contributed by atoms with E-state index in [1.807, 2.05) is 43.3 Å². The van der Waals surface area contributed by atoms with Crippen LogP contribution in [0.25, 0.3) is 11.1 Å². The van der Waals surface area contributed by atoms with E-state index in [1.54, 1.807) is 0 Å². The molecule has 3 aromatic rings. The van der Waals surface area contributed by atoms with Crippen LogP contribution < -0.4 is 0 Å². The van der Waals surface area contributed by atoms with E-state index in [2.05, 4.69) is 50.2 Å². The molecule has 0 fully saturated rings. The second kappa shape index (κ2) is 12.2. The maximum Gasteiger partial charge on any atom is 0.338 e. The SMILES string of the molecule is CCCCCCCc1ccc(-c2ccc(C(=O)OC(CC)c3ccc(C)cc3)cc2)cc1. The lowest BCUT2D eigenvalue weighted by Gasteiger charge is -2.17. The van der Waals surface area contributed by atoms with Crippen molar-refractivity contribution >= 4 is 5.97 Å². The molecule has 32 heavy (non-hydrogen) atoms. The number of unbranched alkanes of at least 4 members (excludes halogenated alkanes) is 4. The molecule has 0 amide bonds. The van der Waals surface area contributed by atoms with Crippen molar-refractivity contribution in [2.75, 3.05) is 0 Å². The van der Waals surface area contributed by atoms with Gasteiger partial charge in [0, 0.05) is 0 Å². The number of esters is 1.